The van der Waals surface area contributed by atoms with Crippen LogP contribution >= 0.6 is 11.3 Å². The van der Waals surface area contributed by atoms with Crippen molar-refractivity contribution in [1.82, 2.24) is 4.98 Å². The topological polar surface area (TPSA) is 101 Å². The number of rotatable bonds is 6. The molecule has 0 spiro atoms. The molecule has 2 aromatic heterocycles. The molecule has 0 aliphatic carbocycles. The van der Waals surface area contributed by atoms with Crippen LogP contribution in [0.2, 0.25) is 0 Å². The van der Waals surface area contributed by atoms with Gasteiger partial charge in [-0.15, -0.1) is 11.3 Å². The van der Waals surface area contributed by atoms with Gasteiger partial charge in [0.1, 0.15) is 5.69 Å². The van der Waals surface area contributed by atoms with E-state index in [0.717, 1.165) is 0 Å². The number of nitrogens with zero attached hydrogens (tertiary/aromatic N) is 1. The summed E-state index contributed by atoms with van der Waals surface area (Å²) < 4.78 is 30.7. The average molecular weight is 377 g/mol. The summed E-state index contributed by atoms with van der Waals surface area (Å²) >= 11 is 1.32. The molecule has 0 saturated heterocycles. The van der Waals surface area contributed by atoms with Gasteiger partial charge in [0.2, 0.25) is 10.0 Å². The minimum Gasteiger partial charge on any atom is -0.462 e. The first kappa shape index (κ1) is 17.2. The molecule has 0 fully saturated rings. The number of hydrogen-bond acceptors (Lipinski definition) is 6. The van der Waals surface area contributed by atoms with Gasteiger partial charge in [0.05, 0.1) is 12.0 Å². The van der Waals surface area contributed by atoms with E-state index in [0.29, 0.717) is 22.1 Å². The molecule has 0 aliphatic heterocycles. The first-order valence-corrected chi connectivity index (χ1v) is 9.91. The zero-order chi connectivity index (χ0) is 17.9. The predicted molar refractivity (Wildman–Crippen MR) is 97.3 cm³/mol. The minimum atomic E-state index is -3.33. The maximum Gasteiger partial charge on any atom is 0.275 e. The molecule has 2 heterocycles. The van der Waals surface area contributed by atoms with E-state index in [-0.39, 0.29) is 17.4 Å². The van der Waals surface area contributed by atoms with E-state index in [1.807, 2.05) is 0 Å². The lowest BCUT2D eigenvalue weighted by Gasteiger charge is -2.07. The highest BCUT2D eigenvalue weighted by Gasteiger charge is 2.13. The smallest absolute Gasteiger partial charge is 0.275 e. The second-order valence-corrected chi connectivity index (χ2v) is 7.92. The summed E-state index contributed by atoms with van der Waals surface area (Å²) in [6.45, 7) is 1.56. The van der Waals surface area contributed by atoms with Gasteiger partial charge in [-0.05, 0) is 43.3 Å². The maximum atomic E-state index is 12.2. The number of hydrogen-bond donors (Lipinski definition) is 2. The normalized spacial score (nSPS) is 11.2. The van der Waals surface area contributed by atoms with Gasteiger partial charge in [0.15, 0.2) is 10.8 Å². The molecule has 0 saturated carbocycles. The zero-order valence-corrected chi connectivity index (χ0v) is 14.9. The van der Waals surface area contributed by atoms with Crippen molar-refractivity contribution in [3.8, 4) is 10.8 Å². The second kappa shape index (κ2) is 7.08. The number of carbonyl (C=O) groups is 1. The van der Waals surface area contributed by atoms with Gasteiger partial charge in [-0.2, -0.15) is 0 Å². The number of sulfonamides is 1. The summed E-state index contributed by atoms with van der Waals surface area (Å²) in [5.41, 5.74) is 1.26. The van der Waals surface area contributed by atoms with Crippen LogP contribution in [0.15, 0.2) is 52.5 Å². The molecule has 3 aromatic rings. The van der Waals surface area contributed by atoms with Crippen molar-refractivity contribution in [2.45, 2.75) is 6.92 Å². The lowest BCUT2D eigenvalue weighted by atomic mass is 10.3. The Hall–Kier alpha value is -2.65. The molecular weight excluding hydrogens is 362 g/mol. The minimum absolute atomic E-state index is 0.00663. The molecule has 3 rings (SSSR count). The van der Waals surface area contributed by atoms with Crippen molar-refractivity contribution in [2.75, 3.05) is 15.8 Å². The third-order valence-electron chi connectivity index (χ3n) is 3.26. The van der Waals surface area contributed by atoms with Crippen LogP contribution in [0.5, 0.6) is 0 Å². The van der Waals surface area contributed by atoms with Crippen LogP contribution in [0, 0.1) is 0 Å². The summed E-state index contributed by atoms with van der Waals surface area (Å²) in [6.07, 6.45) is 1.55. The summed E-state index contributed by atoms with van der Waals surface area (Å²) in [4.78, 5) is 16.5. The summed E-state index contributed by atoms with van der Waals surface area (Å²) in [7, 11) is -3.33. The number of carbonyl (C=O) groups excluding carboxylic acids is 1. The lowest BCUT2D eigenvalue weighted by molar-refractivity contribution is 0.102. The zero-order valence-electron chi connectivity index (χ0n) is 13.2. The number of furan rings is 1. The molecule has 0 atom stereocenters. The third kappa shape index (κ3) is 4.25. The van der Waals surface area contributed by atoms with Crippen molar-refractivity contribution in [3.05, 3.63) is 53.7 Å². The molecule has 0 radical (unpaired) electrons. The molecule has 7 nitrogen and oxygen atoms in total. The van der Waals surface area contributed by atoms with Gasteiger partial charge in [-0.1, -0.05) is 0 Å². The van der Waals surface area contributed by atoms with Crippen LogP contribution < -0.4 is 10.0 Å². The van der Waals surface area contributed by atoms with Crippen LogP contribution in [-0.4, -0.2) is 25.1 Å². The highest BCUT2D eigenvalue weighted by Crippen LogP contribution is 2.24. The quantitative estimate of drug-likeness (QED) is 0.685. The van der Waals surface area contributed by atoms with Crippen LogP contribution in [0.25, 0.3) is 10.8 Å². The predicted octanol–water partition coefficient (Wildman–Crippen LogP) is 3.42. The van der Waals surface area contributed by atoms with Crippen molar-refractivity contribution >= 4 is 38.6 Å². The van der Waals surface area contributed by atoms with Gasteiger partial charge in [0.25, 0.3) is 5.91 Å². The second-order valence-electron chi connectivity index (χ2n) is 5.05. The molecule has 0 aliphatic rings. The van der Waals surface area contributed by atoms with Crippen molar-refractivity contribution < 1.29 is 17.6 Å². The SMILES string of the molecule is CCS(=O)(=O)Nc1ccc(NC(=O)c2csc(-c3ccco3)n2)cc1. The van der Waals surface area contributed by atoms with E-state index in [9.17, 15) is 13.2 Å². The fraction of sp³-hybridized carbons (Fsp3) is 0.125. The Balaban J connectivity index is 1.67. The van der Waals surface area contributed by atoms with Crippen LogP contribution in [0.3, 0.4) is 0 Å². The maximum absolute atomic E-state index is 12.2. The van der Waals surface area contributed by atoms with Crippen molar-refractivity contribution in [1.29, 1.82) is 0 Å². The summed E-state index contributed by atoms with van der Waals surface area (Å²) in [6, 6.07) is 9.92. The number of amides is 1. The molecule has 9 heteroatoms. The Labute approximate surface area is 148 Å². The van der Waals surface area contributed by atoms with Gasteiger partial charge >= 0.3 is 0 Å². The number of thiazole rings is 1. The highest BCUT2D eigenvalue weighted by molar-refractivity contribution is 7.92. The van der Waals surface area contributed by atoms with Crippen LogP contribution in [0.4, 0.5) is 11.4 Å². The number of anilines is 2. The number of aromatic nitrogens is 1. The van der Waals surface area contributed by atoms with E-state index >= 15 is 0 Å². The summed E-state index contributed by atoms with van der Waals surface area (Å²) in [5, 5.41) is 4.99. The van der Waals surface area contributed by atoms with Gasteiger partial charge in [-0.25, -0.2) is 13.4 Å². The lowest BCUT2D eigenvalue weighted by Crippen LogP contribution is -2.15. The average Bonchev–Trinajstić information content (AvgIpc) is 3.27. The molecular formula is C16H15N3O4S2. The molecule has 1 aromatic carbocycles. The molecule has 2 N–H and O–H groups in total. The van der Waals surface area contributed by atoms with Gasteiger partial charge in [-0.3, -0.25) is 9.52 Å². The molecule has 0 unspecified atom stereocenters. The fourth-order valence-corrected chi connectivity index (χ4v) is 3.37. The first-order valence-electron chi connectivity index (χ1n) is 7.38. The summed E-state index contributed by atoms with van der Waals surface area (Å²) in [5.74, 6) is 0.250. The standard InChI is InChI=1S/C16H15N3O4S2/c1-2-25(21,22)19-12-7-5-11(6-8-12)17-15(20)13-10-24-16(18-13)14-4-3-9-23-14/h3-10,19H,2H2,1H3,(H,17,20). The Morgan fingerprint density at radius 1 is 1.20 bits per heavy atom. The molecule has 1 amide bonds. The Bertz CT molecular complexity index is 961. The van der Waals surface area contributed by atoms with E-state index in [1.54, 1.807) is 55.0 Å². The molecule has 0 bridgehead atoms. The Morgan fingerprint density at radius 3 is 2.56 bits per heavy atom. The number of benzene rings is 1. The van der Waals surface area contributed by atoms with Crippen LogP contribution in [0.1, 0.15) is 17.4 Å². The van der Waals surface area contributed by atoms with Crippen molar-refractivity contribution in [3.63, 3.8) is 0 Å². The molecule has 130 valence electrons. The van der Waals surface area contributed by atoms with E-state index < -0.39 is 10.0 Å². The van der Waals surface area contributed by atoms with Crippen LogP contribution in [-0.2, 0) is 10.0 Å². The highest BCUT2D eigenvalue weighted by atomic mass is 32.2. The van der Waals surface area contributed by atoms with E-state index in [4.69, 9.17) is 4.42 Å². The Kier molecular flexibility index (Phi) is 4.86. The first-order chi connectivity index (χ1) is 12.0. The number of nitrogens with one attached hydrogen (secondary N) is 2. The monoisotopic (exact) mass is 377 g/mol. The van der Waals surface area contributed by atoms with E-state index in [2.05, 4.69) is 15.0 Å². The van der Waals surface area contributed by atoms with E-state index in [1.165, 1.54) is 11.3 Å². The Morgan fingerprint density at radius 2 is 1.92 bits per heavy atom. The molecule has 25 heavy (non-hydrogen) atoms. The van der Waals surface area contributed by atoms with Gasteiger partial charge < -0.3 is 9.73 Å². The fourth-order valence-electron chi connectivity index (χ4n) is 1.96. The van der Waals surface area contributed by atoms with Gasteiger partial charge in [0, 0.05) is 16.8 Å². The largest absolute Gasteiger partial charge is 0.462 e. The third-order valence-corrected chi connectivity index (χ3v) is 5.43. The van der Waals surface area contributed by atoms with Crippen molar-refractivity contribution in [2.24, 2.45) is 0 Å².